The number of benzene rings is 8. The summed E-state index contributed by atoms with van der Waals surface area (Å²) in [6.45, 7) is 0. The highest BCUT2D eigenvalue weighted by Crippen LogP contribution is 2.40. The van der Waals surface area contributed by atoms with Crippen molar-refractivity contribution >= 4 is 38.9 Å². The van der Waals surface area contributed by atoms with Crippen molar-refractivity contribution in [3.63, 3.8) is 0 Å². The van der Waals surface area contributed by atoms with Crippen LogP contribution < -0.4 is 4.90 Å². The quantitative estimate of drug-likeness (QED) is 0.174. The van der Waals surface area contributed by atoms with Crippen LogP contribution in [0.5, 0.6) is 0 Å². The van der Waals surface area contributed by atoms with E-state index in [9.17, 15) is 0 Å². The maximum Gasteiger partial charge on any atom is 0.227 e. The summed E-state index contributed by atoms with van der Waals surface area (Å²) in [7, 11) is 0. The third-order valence-corrected chi connectivity index (χ3v) is 9.29. The van der Waals surface area contributed by atoms with Gasteiger partial charge in [-0.3, -0.25) is 0 Å². The minimum Gasteiger partial charge on any atom is -0.435 e. The van der Waals surface area contributed by atoms with E-state index in [-0.39, 0.29) is 0 Å². The second kappa shape index (κ2) is 12.7. The van der Waals surface area contributed by atoms with Gasteiger partial charge in [0, 0.05) is 28.2 Å². The Morgan fingerprint density at radius 2 is 0.920 bits per heavy atom. The monoisotopic (exact) mass is 640 g/mol. The van der Waals surface area contributed by atoms with Crippen LogP contribution in [0.2, 0.25) is 0 Å². The molecule has 0 radical (unpaired) electrons. The average Bonchev–Trinajstić information content (AvgIpc) is 3.64. The third-order valence-electron chi connectivity index (χ3n) is 9.29. The van der Waals surface area contributed by atoms with Gasteiger partial charge in [0.25, 0.3) is 0 Å². The van der Waals surface area contributed by atoms with E-state index in [0.717, 1.165) is 44.9 Å². The first-order chi connectivity index (χ1) is 24.8. The molecular formula is C47H32N2O. The van der Waals surface area contributed by atoms with Gasteiger partial charge in [-0.15, -0.1) is 0 Å². The number of hydrogen-bond donors (Lipinski definition) is 0. The fourth-order valence-electron chi connectivity index (χ4n) is 6.74. The summed E-state index contributed by atoms with van der Waals surface area (Å²) in [6.07, 6.45) is 0. The van der Waals surface area contributed by atoms with Gasteiger partial charge in [-0.25, -0.2) is 4.98 Å². The smallest absolute Gasteiger partial charge is 0.227 e. The molecular weight excluding hydrogens is 609 g/mol. The summed E-state index contributed by atoms with van der Waals surface area (Å²) in [5, 5.41) is 2.47. The first-order valence-corrected chi connectivity index (χ1v) is 16.9. The van der Waals surface area contributed by atoms with Gasteiger partial charge in [-0.2, -0.15) is 0 Å². The van der Waals surface area contributed by atoms with Crippen LogP contribution >= 0.6 is 0 Å². The molecule has 0 aliphatic rings. The number of para-hydroxylation sites is 1. The van der Waals surface area contributed by atoms with Crippen LogP contribution in [-0.2, 0) is 0 Å². The number of aromatic nitrogens is 1. The van der Waals surface area contributed by atoms with Crippen molar-refractivity contribution in [3.05, 3.63) is 194 Å². The molecule has 0 saturated heterocycles. The van der Waals surface area contributed by atoms with Crippen LogP contribution in [0.25, 0.3) is 66.7 Å². The van der Waals surface area contributed by atoms with E-state index in [2.05, 4.69) is 157 Å². The summed E-state index contributed by atoms with van der Waals surface area (Å²) < 4.78 is 6.36. The summed E-state index contributed by atoms with van der Waals surface area (Å²) in [6, 6.07) is 68.3. The fraction of sp³-hybridized carbons (Fsp3) is 0. The minimum atomic E-state index is 0.626. The van der Waals surface area contributed by atoms with Crippen molar-refractivity contribution in [1.29, 1.82) is 0 Å². The lowest BCUT2D eigenvalue weighted by molar-refractivity contribution is 0.621. The Balaban J connectivity index is 1.12. The van der Waals surface area contributed by atoms with Gasteiger partial charge < -0.3 is 9.32 Å². The third kappa shape index (κ3) is 5.61. The number of rotatable bonds is 7. The fourth-order valence-corrected chi connectivity index (χ4v) is 6.74. The van der Waals surface area contributed by atoms with E-state index in [1.165, 1.54) is 33.0 Å². The van der Waals surface area contributed by atoms with E-state index in [0.29, 0.717) is 5.89 Å². The molecule has 0 N–H and O–H groups in total. The first kappa shape index (κ1) is 29.4. The molecule has 0 unspecified atom stereocenters. The zero-order chi connectivity index (χ0) is 33.3. The van der Waals surface area contributed by atoms with Gasteiger partial charge in [0.15, 0.2) is 5.58 Å². The predicted octanol–water partition coefficient (Wildman–Crippen LogP) is 13.1. The Morgan fingerprint density at radius 3 is 1.66 bits per heavy atom. The summed E-state index contributed by atoms with van der Waals surface area (Å²) >= 11 is 0. The van der Waals surface area contributed by atoms with Gasteiger partial charge >= 0.3 is 0 Å². The van der Waals surface area contributed by atoms with Crippen LogP contribution in [0, 0.1) is 0 Å². The first-order valence-electron chi connectivity index (χ1n) is 16.9. The van der Waals surface area contributed by atoms with E-state index >= 15 is 0 Å². The second-order valence-corrected chi connectivity index (χ2v) is 12.4. The lowest BCUT2D eigenvalue weighted by Gasteiger charge is -2.26. The van der Waals surface area contributed by atoms with Gasteiger partial charge in [0.05, 0.1) is 0 Å². The van der Waals surface area contributed by atoms with Gasteiger partial charge in [-0.05, 0) is 99.3 Å². The molecule has 0 spiro atoms. The number of oxazole rings is 1. The molecule has 0 aliphatic heterocycles. The molecule has 50 heavy (non-hydrogen) atoms. The van der Waals surface area contributed by atoms with Crippen molar-refractivity contribution < 1.29 is 4.42 Å². The second-order valence-electron chi connectivity index (χ2n) is 12.4. The summed E-state index contributed by atoms with van der Waals surface area (Å²) in [4.78, 5) is 7.12. The van der Waals surface area contributed by atoms with Crippen LogP contribution in [0.3, 0.4) is 0 Å². The maximum absolute atomic E-state index is 6.36. The minimum absolute atomic E-state index is 0.626. The molecule has 236 valence electrons. The van der Waals surface area contributed by atoms with Crippen molar-refractivity contribution in [3.8, 4) is 44.8 Å². The Morgan fingerprint density at radius 1 is 0.360 bits per heavy atom. The molecule has 3 heteroatoms. The predicted molar refractivity (Wildman–Crippen MR) is 208 cm³/mol. The van der Waals surface area contributed by atoms with Gasteiger partial charge in [0.2, 0.25) is 5.89 Å². The molecule has 0 aliphatic carbocycles. The number of anilines is 3. The standard InChI is InChI=1S/C47H32N2O/c1-3-11-33(12-4-1)35-23-27-41(28-24-35)49(43-18-9-17-39(32-43)40-22-21-34-13-7-8-16-38(34)31-40)42-29-25-36(26-30-42)44-19-10-20-45-46(44)50-47(48-45)37-14-5-2-6-15-37/h1-32H. The topological polar surface area (TPSA) is 29.3 Å². The lowest BCUT2D eigenvalue weighted by atomic mass is 10.00. The SMILES string of the molecule is c1ccc(-c2ccc(N(c3ccc(-c4cccc5nc(-c6ccccc6)oc45)cc3)c3cccc(-c4ccc5ccccc5c4)c3)cc2)cc1. The van der Waals surface area contributed by atoms with Crippen LogP contribution in [0.1, 0.15) is 0 Å². The van der Waals surface area contributed by atoms with E-state index in [4.69, 9.17) is 9.40 Å². The Labute approximate surface area is 291 Å². The number of hydrogen-bond acceptors (Lipinski definition) is 3. The van der Waals surface area contributed by atoms with Gasteiger partial charge in [0.1, 0.15) is 5.52 Å². The van der Waals surface area contributed by atoms with Crippen LogP contribution in [-0.4, -0.2) is 4.98 Å². The highest BCUT2D eigenvalue weighted by Gasteiger charge is 2.17. The van der Waals surface area contributed by atoms with E-state index < -0.39 is 0 Å². The highest BCUT2D eigenvalue weighted by atomic mass is 16.3. The summed E-state index contributed by atoms with van der Waals surface area (Å²) in [5.74, 6) is 0.626. The largest absolute Gasteiger partial charge is 0.435 e. The van der Waals surface area contributed by atoms with Crippen molar-refractivity contribution in [2.45, 2.75) is 0 Å². The Kier molecular flexibility index (Phi) is 7.49. The molecule has 0 atom stereocenters. The molecule has 8 aromatic carbocycles. The normalized spacial score (nSPS) is 11.2. The highest BCUT2D eigenvalue weighted by molar-refractivity contribution is 5.93. The maximum atomic E-state index is 6.36. The van der Waals surface area contributed by atoms with Gasteiger partial charge in [-0.1, -0.05) is 133 Å². The van der Waals surface area contributed by atoms with Crippen molar-refractivity contribution in [1.82, 2.24) is 4.98 Å². The number of fused-ring (bicyclic) bond motifs is 2. The summed E-state index contributed by atoms with van der Waals surface area (Å²) in [5.41, 5.74) is 12.6. The molecule has 3 nitrogen and oxygen atoms in total. The molecule has 0 saturated carbocycles. The molecule has 1 aromatic heterocycles. The molecule has 9 aromatic rings. The van der Waals surface area contributed by atoms with Crippen molar-refractivity contribution in [2.24, 2.45) is 0 Å². The van der Waals surface area contributed by atoms with E-state index in [1.54, 1.807) is 0 Å². The molecule has 9 rings (SSSR count). The average molecular weight is 641 g/mol. The Hall–Kier alpha value is -6.71. The van der Waals surface area contributed by atoms with Crippen LogP contribution in [0.15, 0.2) is 199 Å². The van der Waals surface area contributed by atoms with E-state index in [1.807, 2.05) is 42.5 Å². The molecule has 1 heterocycles. The lowest BCUT2D eigenvalue weighted by Crippen LogP contribution is -2.10. The number of nitrogens with zero attached hydrogens (tertiary/aromatic N) is 2. The molecule has 0 fully saturated rings. The zero-order valence-electron chi connectivity index (χ0n) is 27.3. The van der Waals surface area contributed by atoms with Crippen LogP contribution in [0.4, 0.5) is 17.1 Å². The van der Waals surface area contributed by atoms with Crippen molar-refractivity contribution in [2.75, 3.05) is 4.90 Å². The molecule has 0 bridgehead atoms. The Bertz CT molecular complexity index is 2570. The molecule has 0 amide bonds. The zero-order valence-corrected chi connectivity index (χ0v) is 27.3.